The van der Waals surface area contributed by atoms with E-state index < -0.39 is 0 Å². The number of carbonyl (C=O) groups excluding carboxylic acids is 1. The molecule has 5 heteroatoms. The Labute approximate surface area is 118 Å². The fraction of sp³-hybridized carbons (Fsp3) is 0.500. The first-order chi connectivity index (χ1) is 9.08. The fourth-order valence-corrected chi connectivity index (χ4v) is 2.84. The van der Waals surface area contributed by atoms with Gasteiger partial charge in [-0.25, -0.2) is 4.79 Å². The molecular weight excluding hydrogens is 262 g/mol. The van der Waals surface area contributed by atoms with E-state index in [4.69, 9.17) is 17.3 Å². The smallest absolute Gasteiger partial charge is 0.314 e. The van der Waals surface area contributed by atoms with E-state index in [-0.39, 0.29) is 12.1 Å². The Bertz CT molecular complexity index is 444. The number of hydrogen-bond acceptors (Lipinski definition) is 2. The van der Waals surface area contributed by atoms with E-state index in [9.17, 15) is 4.79 Å². The molecule has 0 radical (unpaired) electrons. The Hall–Kier alpha value is -1.26. The van der Waals surface area contributed by atoms with Gasteiger partial charge >= 0.3 is 6.03 Å². The molecule has 1 unspecified atom stereocenters. The van der Waals surface area contributed by atoms with Gasteiger partial charge in [0.2, 0.25) is 0 Å². The summed E-state index contributed by atoms with van der Waals surface area (Å²) in [6, 6.07) is 8.17. The van der Waals surface area contributed by atoms with Gasteiger partial charge in [-0.1, -0.05) is 29.8 Å². The van der Waals surface area contributed by atoms with Gasteiger partial charge in [-0.3, -0.25) is 0 Å². The summed E-state index contributed by atoms with van der Waals surface area (Å²) in [5.74, 6) is 0. The average molecular weight is 282 g/mol. The third-order valence-corrected chi connectivity index (χ3v) is 4.01. The van der Waals surface area contributed by atoms with Crippen LogP contribution in [0.1, 0.15) is 31.4 Å². The number of urea groups is 1. The second-order valence-electron chi connectivity index (χ2n) is 5.01. The second-order valence-corrected chi connectivity index (χ2v) is 5.42. The maximum absolute atomic E-state index is 11.1. The monoisotopic (exact) mass is 281 g/mol. The highest BCUT2D eigenvalue weighted by atomic mass is 35.5. The van der Waals surface area contributed by atoms with Gasteiger partial charge in [0.05, 0.1) is 0 Å². The highest BCUT2D eigenvalue weighted by Gasteiger charge is 2.22. The number of piperidine rings is 1. The molecule has 0 aromatic heterocycles. The zero-order valence-corrected chi connectivity index (χ0v) is 11.9. The number of primary amides is 1. The standard InChI is InChI=1S/C14H20ClN3O/c1-10(12-4-2-3-5-13(12)15)17-11-6-8-18(9-7-11)14(16)19/h2-5,10-11,17H,6-9H2,1H3,(H2,16,19). The number of amides is 2. The van der Waals surface area contributed by atoms with Crippen LogP contribution in [0, 0.1) is 0 Å². The van der Waals surface area contributed by atoms with Crippen LogP contribution in [0.15, 0.2) is 24.3 Å². The van der Waals surface area contributed by atoms with Crippen molar-refractivity contribution in [2.75, 3.05) is 13.1 Å². The molecule has 1 fully saturated rings. The first-order valence-electron chi connectivity index (χ1n) is 6.63. The Morgan fingerprint density at radius 1 is 1.42 bits per heavy atom. The molecule has 2 amide bonds. The number of halogens is 1. The molecule has 1 aromatic rings. The van der Waals surface area contributed by atoms with Crippen molar-refractivity contribution in [2.24, 2.45) is 5.73 Å². The van der Waals surface area contributed by atoms with Gasteiger partial charge in [0.1, 0.15) is 0 Å². The van der Waals surface area contributed by atoms with E-state index >= 15 is 0 Å². The van der Waals surface area contributed by atoms with Gasteiger partial charge in [0, 0.05) is 30.2 Å². The quantitative estimate of drug-likeness (QED) is 0.894. The lowest BCUT2D eigenvalue weighted by atomic mass is 10.0. The molecule has 0 aliphatic carbocycles. The number of nitrogens with two attached hydrogens (primary N) is 1. The van der Waals surface area contributed by atoms with Crippen LogP contribution in [0.5, 0.6) is 0 Å². The molecule has 1 aliphatic rings. The van der Waals surface area contributed by atoms with E-state index in [0.717, 1.165) is 36.5 Å². The highest BCUT2D eigenvalue weighted by Crippen LogP contribution is 2.23. The molecule has 2 rings (SSSR count). The summed E-state index contributed by atoms with van der Waals surface area (Å²) < 4.78 is 0. The maximum Gasteiger partial charge on any atom is 0.314 e. The Morgan fingerprint density at radius 3 is 2.63 bits per heavy atom. The lowest BCUT2D eigenvalue weighted by Gasteiger charge is -2.33. The summed E-state index contributed by atoms with van der Waals surface area (Å²) in [6.07, 6.45) is 1.86. The lowest BCUT2D eigenvalue weighted by molar-refractivity contribution is 0.183. The SMILES string of the molecule is CC(NC1CCN(C(N)=O)CC1)c1ccccc1Cl. The largest absolute Gasteiger partial charge is 0.351 e. The van der Waals surface area contributed by atoms with Crippen LogP contribution in [0.4, 0.5) is 4.79 Å². The van der Waals surface area contributed by atoms with Crippen LogP contribution in [0.3, 0.4) is 0 Å². The molecular formula is C14H20ClN3O. The van der Waals surface area contributed by atoms with Crippen molar-refractivity contribution in [2.45, 2.75) is 31.8 Å². The van der Waals surface area contributed by atoms with E-state index in [1.165, 1.54) is 0 Å². The molecule has 19 heavy (non-hydrogen) atoms. The molecule has 1 saturated heterocycles. The molecule has 3 N–H and O–H groups in total. The summed E-state index contributed by atoms with van der Waals surface area (Å²) in [6.45, 7) is 3.56. The van der Waals surface area contributed by atoms with Crippen LogP contribution < -0.4 is 11.1 Å². The molecule has 4 nitrogen and oxygen atoms in total. The van der Waals surface area contributed by atoms with Crippen molar-refractivity contribution in [3.05, 3.63) is 34.9 Å². The van der Waals surface area contributed by atoms with Gasteiger partial charge in [-0.15, -0.1) is 0 Å². The van der Waals surface area contributed by atoms with Gasteiger partial charge in [-0.05, 0) is 31.4 Å². The first-order valence-corrected chi connectivity index (χ1v) is 7.00. The Balaban J connectivity index is 1.89. The topological polar surface area (TPSA) is 58.4 Å². The minimum Gasteiger partial charge on any atom is -0.351 e. The molecule has 1 aromatic carbocycles. The molecule has 1 atom stereocenters. The normalized spacial score (nSPS) is 18.3. The maximum atomic E-state index is 11.1. The molecule has 0 bridgehead atoms. The number of hydrogen-bond donors (Lipinski definition) is 2. The molecule has 1 heterocycles. The average Bonchev–Trinajstić information content (AvgIpc) is 2.39. The van der Waals surface area contributed by atoms with Crippen molar-refractivity contribution in [1.29, 1.82) is 0 Å². The molecule has 104 valence electrons. The van der Waals surface area contributed by atoms with Crippen LogP contribution in [-0.2, 0) is 0 Å². The number of nitrogens with zero attached hydrogens (tertiary/aromatic N) is 1. The van der Waals surface area contributed by atoms with Crippen LogP contribution >= 0.6 is 11.6 Å². The zero-order chi connectivity index (χ0) is 13.8. The third kappa shape index (κ3) is 3.61. The summed E-state index contributed by atoms with van der Waals surface area (Å²) in [4.78, 5) is 12.8. The number of nitrogens with one attached hydrogen (secondary N) is 1. The third-order valence-electron chi connectivity index (χ3n) is 3.66. The fourth-order valence-electron chi connectivity index (χ4n) is 2.54. The van der Waals surface area contributed by atoms with Gasteiger partial charge in [-0.2, -0.15) is 0 Å². The number of rotatable bonds is 3. The van der Waals surface area contributed by atoms with Gasteiger partial charge in [0.15, 0.2) is 0 Å². The van der Waals surface area contributed by atoms with Crippen molar-refractivity contribution in [1.82, 2.24) is 10.2 Å². The molecule has 0 spiro atoms. The van der Waals surface area contributed by atoms with Gasteiger partial charge < -0.3 is 16.0 Å². The minimum absolute atomic E-state index is 0.207. The Kier molecular flexibility index (Phi) is 4.66. The van der Waals surface area contributed by atoms with E-state index in [2.05, 4.69) is 12.2 Å². The Morgan fingerprint density at radius 2 is 2.05 bits per heavy atom. The summed E-state index contributed by atoms with van der Waals surface area (Å²) in [5.41, 5.74) is 6.39. The van der Waals surface area contributed by atoms with Crippen LogP contribution in [-0.4, -0.2) is 30.1 Å². The summed E-state index contributed by atoms with van der Waals surface area (Å²) >= 11 is 6.19. The second kappa shape index (κ2) is 6.26. The number of likely N-dealkylation sites (tertiary alicyclic amines) is 1. The summed E-state index contributed by atoms with van der Waals surface area (Å²) in [7, 11) is 0. The predicted molar refractivity (Wildman–Crippen MR) is 77.2 cm³/mol. The van der Waals surface area contributed by atoms with Crippen LogP contribution in [0.25, 0.3) is 0 Å². The van der Waals surface area contributed by atoms with Crippen molar-refractivity contribution in [3.63, 3.8) is 0 Å². The van der Waals surface area contributed by atoms with Crippen molar-refractivity contribution in [3.8, 4) is 0 Å². The van der Waals surface area contributed by atoms with Crippen molar-refractivity contribution >= 4 is 17.6 Å². The van der Waals surface area contributed by atoms with Crippen molar-refractivity contribution < 1.29 is 4.79 Å². The number of carbonyl (C=O) groups is 1. The van der Waals surface area contributed by atoms with Gasteiger partial charge in [0.25, 0.3) is 0 Å². The van der Waals surface area contributed by atoms with E-state index in [1.807, 2.05) is 24.3 Å². The minimum atomic E-state index is -0.322. The van der Waals surface area contributed by atoms with E-state index in [1.54, 1.807) is 4.90 Å². The first kappa shape index (κ1) is 14.2. The molecule has 0 saturated carbocycles. The van der Waals surface area contributed by atoms with Crippen LogP contribution in [0.2, 0.25) is 5.02 Å². The predicted octanol–water partition coefficient (Wildman–Crippen LogP) is 2.53. The zero-order valence-electron chi connectivity index (χ0n) is 11.1. The summed E-state index contributed by atoms with van der Waals surface area (Å²) in [5, 5.41) is 4.36. The molecule has 1 aliphatic heterocycles. The highest BCUT2D eigenvalue weighted by molar-refractivity contribution is 6.31. The number of benzene rings is 1. The van der Waals surface area contributed by atoms with E-state index in [0.29, 0.717) is 6.04 Å². The lowest BCUT2D eigenvalue weighted by Crippen LogP contribution is -2.47.